The largest absolute Gasteiger partial charge is 0.481 e. The van der Waals surface area contributed by atoms with Crippen molar-refractivity contribution in [3.63, 3.8) is 0 Å². The van der Waals surface area contributed by atoms with Crippen LogP contribution in [0.5, 0.6) is 0 Å². The van der Waals surface area contributed by atoms with E-state index in [9.17, 15) is 19.5 Å². The summed E-state index contributed by atoms with van der Waals surface area (Å²) in [6.45, 7) is 3.73. The van der Waals surface area contributed by atoms with Gasteiger partial charge in [-0.1, -0.05) is 30.3 Å². The van der Waals surface area contributed by atoms with Crippen LogP contribution in [0.15, 0.2) is 67.0 Å². The van der Waals surface area contributed by atoms with Crippen molar-refractivity contribution in [1.82, 2.24) is 9.88 Å². The van der Waals surface area contributed by atoms with Crippen LogP contribution >= 0.6 is 11.3 Å². The maximum atomic E-state index is 13.8. The van der Waals surface area contributed by atoms with E-state index in [0.29, 0.717) is 11.3 Å². The zero-order valence-electron chi connectivity index (χ0n) is 18.6. The monoisotopic (exact) mass is 465 g/mol. The van der Waals surface area contributed by atoms with Gasteiger partial charge in [-0.15, -0.1) is 11.3 Å². The summed E-state index contributed by atoms with van der Waals surface area (Å²) in [5.41, 5.74) is 6.81. The third kappa shape index (κ3) is 6.04. The SMILES string of the molecule is CC(C)(Cc1ccccc1)N(C(=O)c1ccc(-c2ccncc2)s1)[C@@H](CCC(=O)O)C(N)=O. The van der Waals surface area contributed by atoms with Crippen molar-refractivity contribution in [3.05, 3.63) is 77.4 Å². The number of carboxylic acid groups (broad SMARTS) is 1. The van der Waals surface area contributed by atoms with Gasteiger partial charge in [-0.25, -0.2) is 0 Å². The molecule has 2 heterocycles. The van der Waals surface area contributed by atoms with E-state index in [2.05, 4.69) is 4.98 Å². The molecule has 0 saturated heterocycles. The van der Waals surface area contributed by atoms with Crippen LogP contribution in [0.3, 0.4) is 0 Å². The van der Waals surface area contributed by atoms with Gasteiger partial charge in [0.25, 0.3) is 5.91 Å². The van der Waals surface area contributed by atoms with Gasteiger partial charge in [0.1, 0.15) is 6.04 Å². The average Bonchev–Trinajstić information content (AvgIpc) is 3.27. The molecule has 0 saturated carbocycles. The number of aromatic nitrogens is 1. The van der Waals surface area contributed by atoms with E-state index < -0.39 is 23.5 Å². The maximum absolute atomic E-state index is 13.8. The van der Waals surface area contributed by atoms with Crippen LogP contribution < -0.4 is 5.73 Å². The van der Waals surface area contributed by atoms with Crippen molar-refractivity contribution in [3.8, 4) is 10.4 Å². The molecule has 0 aliphatic carbocycles. The molecule has 0 spiro atoms. The number of nitrogens with two attached hydrogens (primary N) is 1. The first-order valence-electron chi connectivity index (χ1n) is 10.6. The molecule has 2 aromatic heterocycles. The van der Waals surface area contributed by atoms with Crippen molar-refractivity contribution >= 4 is 29.1 Å². The normalized spacial score (nSPS) is 12.2. The lowest BCUT2D eigenvalue weighted by Crippen LogP contribution is -2.58. The topological polar surface area (TPSA) is 114 Å². The number of amides is 2. The van der Waals surface area contributed by atoms with Crippen LogP contribution in [0.1, 0.15) is 41.9 Å². The van der Waals surface area contributed by atoms with Crippen molar-refractivity contribution in [2.24, 2.45) is 5.73 Å². The van der Waals surface area contributed by atoms with E-state index in [-0.39, 0.29) is 18.7 Å². The van der Waals surface area contributed by atoms with Gasteiger partial charge in [-0.05, 0) is 62.1 Å². The maximum Gasteiger partial charge on any atom is 0.303 e. The Morgan fingerprint density at radius 3 is 2.33 bits per heavy atom. The molecule has 8 heteroatoms. The predicted molar refractivity (Wildman–Crippen MR) is 128 cm³/mol. The van der Waals surface area contributed by atoms with Gasteiger partial charge >= 0.3 is 5.97 Å². The molecule has 0 fully saturated rings. The van der Waals surface area contributed by atoms with Gasteiger partial charge in [-0.3, -0.25) is 19.4 Å². The molecule has 1 atom stereocenters. The van der Waals surface area contributed by atoms with Gasteiger partial charge < -0.3 is 15.7 Å². The van der Waals surface area contributed by atoms with Gasteiger partial charge in [0.2, 0.25) is 5.91 Å². The van der Waals surface area contributed by atoms with Crippen LogP contribution in [0.4, 0.5) is 0 Å². The highest BCUT2D eigenvalue weighted by Crippen LogP contribution is 2.32. The van der Waals surface area contributed by atoms with Crippen molar-refractivity contribution < 1.29 is 19.5 Å². The van der Waals surface area contributed by atoms with Crippen LogP contribution in [-0.2, 0) is 16.0 Å². The summed E-state index contributed by atoms with van der Waals surface area (Å²) >= 11 is 1.31. The molecule has 2 amide bonds. The van der Waals surface area contributed by atoms with E-state index >= 15 is 0 Å². The minimum atomic E-state index is -1.06. The van der Waals surface area contributed by atoms with E-state index in [4.69, 9.17) is 5.73 Å². The van der Waals surface area contributed by atoms with E-state index in [1.54, 1.807) is 18.5 Å². The molecule has 3 rings (SSSR count). The number of hydrogen-bond acceptors (Lipinski definition) is 5. The lowest BCUT2D eigenvalue weighted by Gasteiger charge is -2.42. The number of aliphatic carboxylic acids is 1. The summed E-state index contributed by atoms with van der Waals surface area (Å²) in [7, 11) is 0. The fraction of sp³-hybridized carbons (Fsp3) is 0.280. The molecule has 3 aromatic rings. The Hall–Kier alpha value is -3.52. The quantitative estimate of drug-likeness (QED) is 0.470. The number of rotatable bonds is 10. The Bertz CT molecular complexity index is 1110. The zero-order valence-corrected chi connectivity index (χ0v) is 19.4. The molecule has 0 aliphatic rings. The smallest absolute Gasteiger partial charge is 0.303 e. The molecular formula is C25H27N3O4S. The van der Waals surface area contributed by atoms with Crippen LogP contribution in [0.25, 0.3) is 10.4 Å². The van der Waals surface area contributed by atoms with Gasteiger partial charge in [0.05, 0.1) is 4.88 Å². The number of thiophene rings is 1. The summed E-state index contributed by atoms with van der Waals surface area (Å²) in [5.74, 6) is -2.13. The first-order chi connectivity index (χ1) is 15.7. The Morgan fingerprint density at radius 2 is 1.73 bits per heavy atom. The van der Waals surface area contributed by atoms with E-state index in [1.165, 1.54) is 16.2 Å². The fourth-order valence-corrected chi connectivity index (χ4v) is 4.87. The molecule has 0 aliphatic heterocycles. The molecule has 33 heavy (non-hydrogen) atoms. The van der Waals surface area contributed by atoms with Gasteiger partial charge in [0.15, 0.2) is 0 Å². The summed E-state index contributed by atoms with van der Waals surface area (Å²) in [6.07, 6.45) is 3.50. The molecule has 0 bridgehead atoms. The predicted octanol–water partition coefficient (Wildman–Crippen LogP) is 3.99. The zero-order chi connectivity index (χ0) is 24.0. The second-order valence-electron chi connectivity index (χ2n) is 8.40. The molecule has 172 valence electrons. The molecule has 0 radical (unpaired) electrons. The Kier molecular flexibility index (Phi) is 7.60. The molecular weight excluding hydrogens is 438 g/mol. The highest BCUT2D eigenvalue weighted by atomic mass is 32.1. The lowest BCUT2D eigenvalue weighted by atomic mass is 9.90. The number of carboxylic acids is 1. The standard InChI is InChI=1S/C25H27N3O4S/c1-25(2,16-17-6-4-3-5-7-17)28(19(23(26)31)8-11-22(29)30)24(32)21-10-9-20(33-21)18-12-14-27-15-13-18/h3-7,9-10,12-15,19H,8,11,16H2,1-2H3,(H2,26,31)(H,29,30)/t19-/m0/s1. The number of benzene rings is 1. The number of pyridine rings is 1. The Labute approximate surface area is 196 Å². The Morgan fingerprint density at radius 1 is 1.06 bits per heavy atom. The third-order valence-electron chi connectivity index (χ3n) is 5.40. The van der Waals surface area contributed by atoms with Crippen LogP contribution in [0.2, 0.25) is 0 Å². The van der Waals surface area contributed by atoms with E-state index in [1.807, 2.05) is 62.4 Å². The van der Waals surface area contributed by atoms with Crippen molar-refractivity contribution in [2.45, 2.75) is 44.7 Å². The lowest BCUT2D eigenvalue weighted by molar-refractivity contribution is -0.137. The number of primary amides is 1. The molecule has 3 N–H and O–H groups in total. The van der Waals surface area contributed by atoms with Crippen molar-refractivity contribution in [2.75, 3.05) is 0 Å². The Balaban J connectivity index is 1.99. The average molecular weight is 466 g/mol. The minimum Gasteiger partial charge on any atom is -0.481 e. The highest BCUT2D eigenvalue weighted by molar-refractivity contribution is 7.17. The first-order valence-corrected chi connectivity index (χ1v) is 11.4. The van der Waals surface area contributed by atoms with Gasteiger partial charge in [-0.2, -0.15) is 0 Å². The number of nitrogens with zero attached hydrogens (tertiary/aromatic N) is 2. The summed E-state index contributed by atoms with van der Waals surface area (Å²) in [5, 5.41) is 9.19. The number of hydrogen-bond donors (Lipinski definition) is 2. The minimum absolute atomic E-state index is 0.0583. The number of carbonyl (C=O) groups excluding carboxylic acids is 2. The van der Waals surface area contributed by atoms with E-state index in [0.717, 1.165) is 16.0 Å². The second kappa shape index (κ2) is 10.4. The molecule has 0 unspecified atom stereocenters. The number of carbonyl (C=O) groups is 3. The second-order valence-corrected chi connectivity index (χ2v) is 9.48. The molecule has 7 nitrogen and oxygen atoms in total. The fourth-order valence-electron chi connectivity index (χ4n) is 3.92. The van der Waals surface area contributed by atoms with Crippen molar-refractivity contribution in [1.29, 1.82) is 0 Å². The summed E-state index contributed by atoms with van der Waals surface area (Å²) < 4.78 is 0. The summed E-state index contributed by atoms with van der Waals surface area (Å²) in [6, 6.07) is 15.9. The third-order valence-corrected chi connectivity index (χ3v) is 6.53. The van der Waals surface area contributed by atoms with Gasteiger partial charge in [0, 0.05) is 29.2 Å². The van der Waals surface area contributed by atoms with Crippen LogP contribution in [0, 0.1) is 0 Å². The summed E-state index contributed by atoms with van der Waals surface area (Å²) in [4.78, 5) is 44.3. The van der Waals surface area contributed by atoms with Crippen LogP contribution in [-0.4, -0.2) is 44.4 Å². The first kappa shape index (κ1) is 24.1. The highest BCUT2D eigenvalue weighted by Gasteiger charge is 2.40. The molecule has 1 aromatic carbocycles.